The Morgan fingerprint density at radius 3 is 2.50 bits per heavy atom. The molecule has 1 aromatic carbocycles. The minimum atomic E-state index is -4.33. The number of halogens is 3. The average Bonchev–Trinajstić information content (AvgIpc) is 2.36. The zero-order chi connectivity index (χ0) is 15.0. The van der Waals surface area contributed by atoms with Crippen LogP contribution < -0.4 is 4.74 Å². The largest absolute Gasteiger partial charge is 0.484 e. The smallest absolute Gasteiger partial charge is 0.422 e. The molecule has 0 unspecified atom stereocenters. The van der Waals surface area contributed by atoms with E-state index in [-0.39, 0.29) is 10.9 Å². The van der Waals surface area contributed by atoms with Gasteiger partial charge in [-0.05, 0) is 24.1 Å². The summed E-state index contributed by atoms with van der Waals surface area (Å²) in [6.45, 7) is 0.235. The van der Waals surface area contributed by atoms with Gasteiger partial charge in [-0.25, -0.2) is 0 Å². The third-order valence-electron chi connectivity index (χ3n) is 2.18. The van der Waals surface area contributed by atoms with Crippen molar-refractivity contribution >= 4 is 23.0 Å². The predicted octanol–water partition coefficient (Wildman–Crippen LogP) is 4.31. The molecule has 0 amide bonds. The Hall–Kier alpha value is -1.43. The molecule has 0 N–H and O–H groups in total. The molecule has 0 saturated carbocycles. The van der Waals surface area contributed by atoms with Crippen molar-refractivity contribution in [2.45, 2.75) is 19.5 Å². The van der Waals surface area contributed by atoms with Gasteiger partial charge >= 0.3 is 6.18 Å². The summed E-state index contributed by atoms with van der Waals surface area (Å²) in [6, 6.07) is 6.35. The van der Waals surface area contributed by atoms with Crippen molar-refractivity contribution in [2.75, 3.05) is 12.4 Å². The maximum Gasteiger partial charge on any atom is 0.422 e. The molecule has 0 aromatic heterocycles. The van der Waals surface area contributed by atoms with Crippen LogP contribution in [-0.2, 0) is 4.79 Å². The number of allylic oxidation sites excluding steroid dienone is 1. The average molecular weight is 304 g/mol. The number of ether oxygens (including phenoxy) is 1. The standard InChI is InChI=1S/C14H15F3O2S/c1-11(18)20-9-3-2-4-12-5-7-13(8-6-12)19-10-14(15,16)17/h2,4-8H,3,9-10H2,1H3. The van der Waals surface area contributed by atoms with E-state index in [0.717, 1.165) is 17.7 Å². The Balaban J connectivity index is 2.38. The van der Waals surface area contributed by atoms with E-state index in [0.29, 0.717) is 0 Å². The van der Waals surface area contributed by atoms with Crippen LogP contribution in [0.4, 0.5) is 13.2 Å². The lowest BCUT2D eigenvalue weighted by atomic mass is 10.2. The molecule has 0 aliphatic heterocycles. The van der Waals surface area contributed by atoms with E-state index in [4.69, 9.17) is 0 Å². The minimum Gasteiger partial charge on any atom is -0.484 e. The van der Waals surface area contributed by atoms with Gasteiger partial charge in [0.1, 0.15) is 5.75 Å². The number of alkyl halides is 3. The lowest BCUT2D eigenvalue weighted by Gasteiger charge is -2.08. The van der Waals surface area contributed by atoms with Crippen LogP contribution >= 0.6 is 11.8 Å². The minimum absolute atomic E-state index is 0.0876. The van der Waals surface area contributed by atoms with Gasteiger partial charge in [0.05, 0.1) is 0 Å². The monoisotopic (exact) mass is 304 g/mol. The molecule has 2 nitrogen and oxygen atoms in total. The highest BCUT2D eigenvalue weighted by Crippen LogP contribution is 2.19. The van der Waals surface area contributed by atoms with Gasteiger partial charge in [0.15, 0.2) is 11.7 Å². The van der Waals surface area contributed by atoms with Crippen LogP contribution in [0.3, 0.4) is 0 Å². The Bertz CT molecular complexity index is 452. The number of rotatable bonds is 6. The summed E-state index contributed by atoms with van der Waals surface area (Å²) in [5, 5.41) is 0.0876. The quantitative estimate of drug-likeness (QED) is 0.733. The maximum absolute atomic E-state index is 12.0. The molecular formula is C14H15F3O2S. The number of benzene rings is 1. The molecule has 0 atom stereocenters. The number of hydrogen-bond acceptors (Lipinski definition) is 3. The van der Waals surface area contributed by atoms with Gasteiger partial charge < -0.3 is 4.74 Å². The van der Waals surface area contributed by atoms with Crippen molar-refractivity contribution in [1.29, 1.82) is 0 Å². The van der Waals surface area contributed by atoms with Crippen LogP contribution in [0.15, 0.2) is 30.3 Å². The fourth-order valence-electron chi connectivity index (χ4n) is 1.33. The first-order valence-corrected chi connectivity index (χ1v) is 6.95. The van der Waals surface area contributed by atoms with E-state index in [2.05, 4.69) is 4.74 Å². The summed E-state index contributed by atoms with van der Waals surface area (Å²) in [5.74, 6) is 0.908. The fraction of sp³-hybridized carbons (Fsp3) is 0.357. The van der Waals surface area contributed by atoms with Crippen LogP contribution in [0.25, 0.3) is 6.08 Å². The van der Waals surface area contributed by atoms with Crippen molar-refractivity contribution in [3.05, 3.63) is 35.9 Å². The molecule has 0 spiro atoms. The van der Waals surface area contributed by atoms with Crippen molar-refractivity contribution < 1.29 is 22.7 Å². The first-order valence-electron chi connectivity index (χ1n) is 5.96. The molecule has 0 aliphatic carbocycles. The van der Waals surface area contributed by atoms with E-state index in [9.17, 15) is 18.0 Å². The number of carbonyl (C=O) groups excluding carboxylic acids is 1. The predicted molar refractivity (Wildman–Crippen MR) is 74.8 cm³/mol. The SMILES string of the molecule is CC(=O)SCCC=Cc1ccc(OCC(F)(F)F)cc1. The second-order valence-electron chi connectivity index (χ2n) is 4.00. The summed E-state index contributed by atoms with van der Waals surface area (Å²) < 4.78 is 40.5. The van der Waals surface area contributed by atoms with E-state index in [1.54, 1.807) is 12.1 Å². The zero-order valence-electron chi connectivity index (χ0n) is 10.9. The first kappa shape index (κ1) is 16.6. The first-order chi connectivity index (χ1) is 9.37. The van der Waals surface area contributed by atoms with E-state index < -0.39 is 12.8 Å². The van der Waals surface area contributed by atoms with E-state index in [1.807, 2.05) is 12.2 Å². The van der Waals surface area contributed by atoms with Crippen molar-refractivity contribution in [1.82, 2.24) is 0 Å². The van der Waals surface area contributed by atoms with Crippen LogP contribution in [0.5, 0.6) is 5.75 Å². The Morgan fingerprint density at radius 2 is 1.95 bits per heavy atom. The highest BCUT2D eigenvalue weighted by molar-refractivity contribution is 8.13. The molecule has 0 saturated heterocycles. The van der Waals surface area contributed by atoms with E-state index >= 15 is 0 Å². The summed E-state index contributed by atoms with van der Waals surface area (Å²) in [7, 11) is 0. The summed E-state index contributed by atoms with van der Waals surface area (Å²) in [6.07, 6.45) is 0.208. The molecule has 1 rings (SSSR count). The molecular weight excluding hydrogens is 289 g/mol. The highest BCUT2D eigenvalue weighted by Gasteiger charge is 2.28. The van der Waals surface area contributed by atoms with Gasteiger partial charge in [0, 0.05) is 12.7 Å². The van der Waals surface area contributed by atoms with Crippen LogP contribution in [0.1, 0.15) is 18.9 Å². The van der Waals surface area contributed by atoms with Gasteiger partial charge in [-0.1, -0.05) is 36.0 Å². The molecule has 110 valence electrons. The molecule has 0 fully saturated rings. The summed E-state index contributed by atoms with van der Waals surface area (Å²) in [4.78, 5) is 10.7. The Kier molecular flexibility index (Phi) is 6.64. The van der Waals surface area contributed by atoms with Gasteiger partial charge in [-0.15, -0.1) is 0 Å². The normalized spacial score (nSPS) is 11.8. The number of thioether (sulfide) groups is 1. The van der Waals surface area contributed by atoms with Crippen molar-refractivity contribution in [3.8, 4) is 5.75 Å². The van der Waals surface area contributed by atoms with Crippen LogP contribution in [0.2, 0.25) is 0 Å². The molecule has 0 heterocycles. The third kappa shape index (κ3) is 7.89. The number of hydrogen-bond donors (Lipinski definition) is 0. The zero-order valence-corrected chi connectivity index (χ0v) is 11.8. The molecule has 20 heavy (non-hydrogen) atoms. The van der Waals surface area contributed by atoms with Gasteiger partial charge in [0.2, 0.25) is 0 Å². The number of carbonyl (C=O) groups is 1. The van der Waals surface area contributed by atoms with Crippen molar-refractivity contribution in [2.24, 2.45) is 0 Å². The molecule has 0 radical (unpaired) electrons. The second-order valence-corrected chi connectivity index (χ2v) is 5.28. The van der Waals surface area contributed by atoms with Crippen molar-refractivity contribution in [3.63, 3.8) is 0 Å². The van der Waals surface area contributed by atoms with Crippen LogP contribution in [-0.4, -0.2) is 23.7 Å². The van der Waals surface area contributed by atoms with Crippen LogP contribution in [0, 0.1) is 0 Å². The molecule has 0 aliphatic rings. The molecule has 6 heteroatoms. The van der Waals surface area contributed by atoms with E-state index in [1.165, 1.54) is 30.8 Å². The third-order valence-corrected chi connectivity index (χ3v) is 3.03. The Morgan fingerprint density at radius 1 is 1.30 bits per heavy atom. The lowest BCUT2D eigenvalue weighted by molar-refractivity contribution is -0.153. The van der Waals surface area contributed by atoms with Gasteiger partial charge in [0.25, 0.3) is 0 Å². The maximum atomic E-state index is 12.0. The van der Waals surface area contributed by atoms with Gasteiger partial charge in [-0.3, -0.25) is 4.79 Å². The fourth-order valence-corrected chi connectivity index (χ4v) is 1.87. The Labute approximate surface area is 120 Å². The lowest BCUT2D eigenvalue weighted by Crippen LogP contribution is -2.19. The highest BCUT2D eigenvalue weighted by atomic mass is 32.2. The molecule has 1 aromatic rings. The van der Waals surface area contributed by atoms with Gasteiger partial charge in [-0.2, -0.15) is 13.2 Å². The summed E-state index contributed by atoms with van der Waals surface area (Å²) in [5.41, 5.74) is 0.872. The molecule has 0 bridgehead atoms. The topological polar surface area (TPSA) is 26.3 Å². The second kappa shape index (κ2) is 7.99. The summed E-state index contributed by atoms with van der Waals surface area (Å²) >= 11 is 1.26.